The van der Waals surface area contributed by atoms with Crippen molar-refractivity contribution in [3.05, 3.63) is 67.5 Å². The van der Waals surface area contributed by atoms with Crippen LogP contribution in [-0.4, -0.2) is 38.2 Å². The summed E-state index contributed by atoms with van der Waals surface area (Å²) in [6.07, 6.45) is 9.70. The van der Waals surface area contributed by atoms with E-state index in [4.69, 9.17) is 4.74 Å². The number of aryl methyl sites for hydroxylation is 1. The molecule has 0 bridgehead atoms. The number of aliphatic hydroxyl groups is 2. The lowest BCUT2D eigenvalue weighted by molar-refractivity contribution is -0.0463. The van der Waals surface area contributed by atoms with Gasteiger partial charge in [-0.25, -0.2) is 4.79 Å². The van der Waals surface area contributed by atoms with E-state index in [-0.39, 0.29) is 25.1 Å². The Hall–Kier alpha value is -2.22. The van der Waals surface area contributed by atoms with E-state index < -0.39 is 24.1 Å². The van der Waals surface area contributed by atoms with Crippen LogP contribution in [0.5, 0.6) is 0 Å². The van der Waals surface area contributed by atoms with Crippen molar-refractivity contribution < 1.29 is 14.9 Å². The molecule has 1 aromatic heterocycles. The molecule has 0 spiro atoms. The Kier molecular flexibility index (Phi) is 9.87. The van der Waals surface area contributed by atoms with E-state index >= 15 is 0 Å². The zero-order chi connectivity index (χ0) is 23.8. The average molecular weight is 447 g/mol. The van der Waals surface area contributed by atoms with Gasteiger partial charge in [0, 0.05) is 24.7 Å². The normalized spacial score (nSPS) is 21.8. The standard InChI is InChI=1S/C25H38N2O5/c1-17(2)8-6-9-18(3)10-7-11-19(4)12-13-26-24(30)20(5)15-27(25(26)31)23-14-21(29)22(16-28)32-23/h8,10,12,15,21-23,28-29H,6-7,9,11,13-14,16H2,1-5H3/t21-,22-,23-/m1/s1. The lowest BCUT2D eigenvalue weighted by atomic mass is 10.1. The monoisotopic (exact) mass is 446 g/mol. The topological polar surface area (TPSA) is 93.7 Å². The first-order valence-corrected chi connectivity index (χ1v) is 11.4. The molecule has 2 N–H and O–H groups in total. The van der Waals surface area contributed by atoms with E-state index in [1.54, 1.807) is 6.92 Å². The summed E-state index contributed by atoms with van der Waals surface area (Å²) in [6, 6.07) is 0. The number of ether oxygens (including phenoxy) is 1. The third kappa shape index (κ3) is 7.15. The van der Waals surface area contributed by atoms with Crippen LogP contribution >= 0.6 is 0 Å². The Bertz CT molecular complexity index is 979. The van der Waals surface area contributed by atoms with Crippen molar-refractivity contribution >= 4 is 0 Å². The van der Waals surface area contributed by atoms with Crippen LogP contribution in [0.2, 0.25) is 0 Å². The number of hydrogen-bond donors (Lipinski definition) is 2. The molecule has 0 saturated carbocycles. The minimum atomic E-state index is -0.849. The molecule has 0 aliphatic carbocycles. The molecule has 0 aromatic carbocycles. The maximum Gasteiger partial charge on any atom is 0.333 e. The van der Waals surface area contributed by atoms with Gasteiger partial charge in [0.2, 0.25) is 0 Å². The van der Waals surface area contributed by atoms with Crippen molar-refractivity contribution in [1.82, 2.24) is 9.13 Å². The minimum absolute atomic E-state index is 0.188. The average Bonchev–Trinajstić information content (AvgIpc) is 3.10. The molecule has 0 radical (unpaired) electrons. The molecule has 0 unspecified atom stereocenters. The van der Waals surface area contributed by atoms with Crippen molar-refractivity contribution in [2.24, 2.45) is 0 Å². The van der Waals surface area contributed by atoms with Crippen molar-refractivity contribution in [2.75, 3.05) is 6.61 Å². The second-order valence-electron chi connectivity index (χ2n) is 8.99. The summed E-state index contributed by atoms with van der Waals surface area (Å²) in [5.41, 5.74) is 3.44. The molecule has 1 aromatic rings. The van der Waals surface area contributed by atoms with Gasteiger partial charge in [0.25, 0.3) is 5.56 Å². The zero-order valence-electron chi connectivity index (χ0n) is 20.0. The van der Waals surface area contributed by atoms with Crippen LogP contribution in [0.1, 0.15) is 71.6 Å². The summed E-state index contributed by atoms with van der Waals surface area (Å²) in [7, 11) is 0. The van der Waals surface area contributed by atoms with Crippen LogP contribution in [0.25, 0.3) is 0 Å². The highest BCUT2D eigenvalue weighted by Crippen LogP contribution is 2.27. The second kappa shape index (κ2) is 12.1. The molecular formula is C25H38N2O5. The van der Waals surface area contributed by atoms with Crippen molar-refractivity contribution in [1.29, 1.82) is 0 Å². The van der Waals surface area contributed by atoms with Gasteiger partial charge in [0.15, 0.2) is 0 Å². The van der Waals surface area contributed by atoms with Crippen molar-refractivity contribution in [3.63, 3.8) is 0 Å². The lowest BCUT2D eigenvalue weighted by Gasteiger charge is -2.17. The molecule has 1 saturated heterocycles. The van der Waals surface area contributed by atoms with Gasteiger partial charge >= 0.3 is 5.69 Å². The third-order valence-electron chi connectivity index (χ3n) is 5.81. The molecule has 0 amide bonds. The van der Waals surface area contributed by atoms with Crippen LogP contribution in [0.4, 0.5) is 0 Å². The summed E-state index contributed by atoms with van der Waals surface area (Å²) < 4.78 is 8.14. The lowest BCUT2D eigenvalue weighted by Crippen LogP contribution is -2.42. The van der Waals surface area contributed by atoms with E-state index in [1.807, 2.05) is 13.0 Å². The predicted molar refractivity (Wildman–Crippen MR) is 127 cm³/mol. The number of aromatic nitrogens is 2. The first-order chi connectivity index (χ1) is 15.1. The van der Waals surface area contributed by atoms with Gasteiger partial charge in [-0.05, 0) is 60.3 Å². The highest BCUT2D eigenvalue weighted by Gasteiger charge is 2.35. The smallest absolute Gasteiger partial charge is 0.333 e. The van der Waals surface area contributed by atoms with Crippen LogP contribution in [0.3, 0.4) is 0 Å². The number of rotatable bonds is 10. The SMILES string of the molecule is CC(C)=CCCC(C)=CCCC(C)=CCn1c(=O)c(C)cn([C@H]2C[C@@H](O)[C@@H](CO)O2)c1=O. The molecule has 1 fully saturated rings. The molecule has 7 nitrogen and oxygen atoms in total. The molecule has 1 aliphatic heterocycles. The van der Waals surface area contributed by atoms with Gasteiger partial charge < -0.3 is 14.9 Å². The quantitative estimate of drug-likeness (QED) is 0.538. The van der Waals surface area contributed by atoms with Crippen LogP contribution in [-0.2, 0) is 11.3 Å². The van der Waals surface area contributed by atoms with Crippen LogP contribution in [0, 0.1) is 6.92 Å². The summed E-state index contributed by atoms with van der Waals surface area (Å²) in [5.74, 6) is 0. The summed E-state index contributed by atoms with van der Waals surface area (Å²) in [4.78, 5) is 25.5. The molecule has 7 heteroatoms. The zero-order valence-corrected chi connectivity index (χ0v) is 20.0. The fourth-order valence-electron chi connectivity index (χ4n) is 3.76. The number of nitrogens with zero attached hydrogens (tertiary/aromatic N) is 2. The van der Waals surface area contributed by atoms with Crippen LogP contribution < -0.4 is 11.2 Å². The number of aliphatic hydroxyl groups excluding tert-OH is 2. The van der Waals surface area contributed by atoms with E-state index in [0.717, 1.165) is 31.3 Å². The van der Waals surface area contributed by atoms with Gasteiger partial charge in [0.05, 0.1) is 12.7 Å². The van der Waals surface area contributed by atoms with E-state index in [2.05, 4.69) is 32.9 Å². The highest BCUT2D eigenvalue weighted by molar-refractivity contribution is 5.08. The largest absolute Gasteiger partial charge is 0.394 e. The second-order valence-corrected chi connectivity index (χ2v) is 8.99. The fourth-order valence-corrected chi connectivity index (χ4v) is 3.76. The molecule has 178 valence electrons. The van der Waals surface area contributed by atoms with Gasteiger partial charge in [-0.3, -0.25) is 13.9 Å². The highest BCUT2D eigenvalue weighted by atomic mass is 16.5. The molecule has 3 atom stereocenters. The Labute approximate surface area is 190 Å². The maximum absolute atomic E-state index is 13.0. The Morgan fingerprint density at radius 1 is 1.09 bits per heavy atom. The van der Waals surface area contributed by atoms with E-state index in [0.29, 0.717) is 5.56 Å². The Balaban J connectivity index is 2.06. The first kappa shape index (κ1) is 26.0. The van der Waals surface area contributed by atoms with Crippen molar-refractivity contribution in [2.45, 2.75) is 91.7 Å². The molecule has 1 aliphatic rings. The number of allylic oxidation sites excluding steroid dienone is 6. The third-order valence-corrected chi connectivity index (χ3v) is 5.81. The van der Waals surface area contributed by atoms with E-state index in [9.17, 15) is 19.8 Å². The first-order valence-electron chi connectivity index (χ1n) is 11.4. The van der Waals surface area contributed by atoms with Gasteiger partial charge in [-0.1, -0.05) is 34.9 Å². The van der Waals surface area contributed by atoms with Crippen LogP contribution in [0.15, 0.2) is 50.7 Å². The Morgan fingerprint density at radius 2 is 1.72 bits per heavy atom. The van der Waals surface area contributed by atoms with Gasteiger partial charge in [-0.2, -0.15) is 0 Å². The van der Waals surface area contributed by atoms with Gasteiger partial charge in [0.1, 0.15) is 12.3 Å². The molecule has 32 heavy (non-hydrogen) atoms. The number of hydrogen-bond acceptors (Lipinski definition) is 5. The predicted octanol–water partition coefficient (Wildman–Crippen LogP) is 3.38. The Morgan fingerprint density at radius 3 is 2.31 bits per heavy atom. The maximum atomic E-state index is 13.0. The minimum Gasteiger partial charge on any atom is -0.394 e. The van der Waals surface area contributed by atoms with E-state index in [1.165, 1.54) is 26.5 Å². The summed E-state index contributed by atoms with van der Waals surface area (Å²) in [5, 5.41) is 19.3. The fraction of sp³-hybridized carbons (Fsp3) is 0.600. The van der Waals surface area contributed by atoms with Gasteiger partial charge in [-0.15, -0.1) is 0 Å². The molecule has 2 rings (SSSR count). The summed E-state index contributed by atoms with van der Waals surface area (Å²) in [6.45, 7) is 9.89. The molecule has 2 heterocycles. The molecular weight excluding hydrogens is 408 g/mol. The summed E-state index contributed by atoms with van der Waals surface area (Å²) >= 11 is 0. The van der Waals surface area contributed by atoms with Crippen molar-refractivity contribution in [3.8, 4) is 0 Å².